The highest BCUT2D eigenvalue weighted by atomic mass is 16.5. The standard InChI is InChI=1S/C11H17NO4/c1-8(13)12-6-4-11(5-7-12)3-2-9(16-11)10(14)15/h9H,2-7H2,1H3,(H,14,15). The molecule has 16 heavy (non-hydrogen) atoms. The molecule has 0 saturated carbocycles. The van der Waals surface area contributed by atoms with E-state index in [1.54, 1.807) is 11.8 Å². The molecule has 1 N–H and O–H groups in total. The van der Waals surface area contributed by atoms with Gasteiger partial charge in [0.25, 0.3) is 0 Å². The molecule has 5 nitrogen and oxygen atoms in total. The van der Waals surface area contributed by atoms with E-state index in [2.05, 4.69) is 0 Å². The molecule has 2 fully saturated rings. The maximum atomic E-state index is 11.2. The zero-order valence-electron chi connectivity index (χ0n) is 9.44. The van der Waals surface area contributed by atoms with E-state index in [0.717, 1.165) is 19.3 Å². The van der Waals surface area contributed by atoms with Crippen molar-refractivity contribution in [2.24, 2.45) is 0 Å². The molecule has 2 heterocycles. The van der Waals surface area contributed by atoms with Crippen LogP contribution in [0.4, 0.5) is 0 Å². The minimum atomic E-state index is -0.870. The molecule has 1 spiro atoms. The molecule has 0 aliphatic carbocycles. The lowest BCUT2D eigenvalue weighted by Gasteiger charge is -2.38. The Labute approximate surface area is 94.4 Å². The van der Waals surface area contributed by atoms with Gasteiger partial charge in [-0.1, -0.05) is 0 Å². The van der Waals surface area contributed by atoms with E-state index < -0.39 is 12.1 Å². The van der Waals surface area contributed by atoms with Gasteiger partial charge in [-0.25, -0.2) is 4.79 Å². The van der Waals surface area contributed by atoms with Crippen LogP contribution in [0.2, 0.25) is 0 Å². The number of piperidine rings is 1. The van der Waals surface area contributed by atoms with Gasteiger partial charge in [0, 0.05) is 20.0 Å². The monoisotopic (exact) mass is 227 g/mol. The first-order valence-electron chi connectivity index (χ1n) is 5.69. The minimum Gasteiger partial charge on any atom is -0.479 e. The van der Waals surface area contributed by atoms with Crippen LogP contribution in [0.25, 0.3) is 0 Å². The summed E-state index contributed by atoms with van der Waals surface area (Å²) in [5.41, 5.74) is -0.283. The highest BCUT2D eigenvalue weighted by molar-refractivity contribution is 5.73. The van der Waals surface area contributed by atoms with Gasteiger partial charge in [0.2, 0.25) is 5.91 Å². The van der Waals surface area contributed by atoms with Crippen LogP contribution in [-0.2, 0) is 14.3 Å². The Bertz CT molecular complexity index is 307. The van der Waals surface area contributed by atoms with Gasteiger partial charge in [-0.15, -0.1) is 0 Å². The third-order valence-electron chi connectivity index (χ3n) is 3.65. The summed E-state index contributed by atoms with van der Waals surface area (Å²) in [7, 11) is 0. The van der Waals surface area contributed by atoms with E-state index in [0.29, 0.717) is 19.5 Å². The number of nitrogens with zero attached hydrogens (tertiary/aromatic N) is 1. The van der Waals surface area contributed by atoms with Gasteiger partial charge in [-0.05, 0) is 25.7 Å². The number of hydrogen-bond acceptors (Lipinski definition) is 3. The molecule has 2 saturated heterocycles. The maximum Gasteiger partial charge on any atom is 0.332 e. The molecule has 0 bridgehead atoms. The van der Waals surface area contributed by atoms with Gasteiger partial charge in [-0.3, -0.25) is 4.79 Å². The number of carbonyl (C=O) groups is 2. The van der Waals surface area contributed by atoms with Crippen LogP contribution in [0.3, 0.4) is 0 Å². The van der Waals surface area contributed by atoms with E-state index in [1.807, 2.05) is 0 Å². The Hall–Kier alpha value is -1.10. The minimum absolute atomic E-state index is 0.0858. The molecule has 5 heteroatoms. The molecular formula is C11H17NO4. The van der Waals surface area contributed by atoms with Crippen molar-refractivity contribution in [1.29, 1.82) is 0 Å². The molecule has 1 atom stereocenters. The van der Waals surface area contributed by atoms with Crippen molar-refractivity contribution >= 4 is 11.9 Å². The Morgan fingerprint density at radius 1 is 1.31 bits per heavy atom. The topological polar surface area (TPSA) is 66.8 Å². The maximum absolute atomic E-state index is 11.2. The number of likely N-dealkylation sites (tertiary alicyclic amines) is 1. The molecule has 1 amide bonds. The normalized spacial score (nSPS) is 28.3. The van der Waals surface area contributed by atoms with Gasteiger partial charge < -0.3 is 14.7 Å². The average Bonchev–Trinajstić information content (AvgIpc) is 2.63. The van der Waals surface area contributed by atoms with Crippen molar-refractivity contribution in [3.8, 4) is 0 Å². The van der Waals surface area contributed by atoms with Gasteiger partial charge in [0.1, 0.15) is 0 Å². The van der Waals surface area contributed by atoms with Gasteiger partial charge >= 0.3 is 5.97 Å². The largest absolute Gasteiger partial charge is 0.479 e. The van der Waals surface area contributed by atoms with Gasteiger partial charge in [0.15, 0.2) is 6.10 Å². The quantitative estimate of drug-likeness (QED) is 0.713. The Morgan fingerprint density at radius 3 is 2.38 bits per heavy atom. The smallest absolute Gasteiger partial charge is 0.332 e. The highest BCUT2D eigenvalue weighted by Gasteiger charge is 2.44. The van der Waals surface area contributed by atoms with E-state index in [1.165, 1.54) is 0 Å². The van der Waals surface area contributed by atoms with Crippen molar-refractivity contribution in [2.75, 3.05) is 13.1 Å². The summed E-state index contributed by atoms with van der Waals surface area (Å²) in [6.45, 7) is 2.93. The highest BCUT2D eigenvalue weighted by Crippen LogP contribution is 2.38. The van der Waals surface area contributed by atoms with Crippen LogP contribution >= 0.6 is 0 Å². The first-order valence-corrected chi connectivity index (χ1v) is 5.69. The lowest BCUT2D eigenvalue weighted by Crippen LogP contribution is -2.46. The number of aliphatic carboxylic acids is 1. The average molecular weight is 227 g/mol. The number of ether oxygens (including phenoxy) is 1. The van der Waals surface area contributed by atoms with Gasteiger partial charge in [0.05, 0.1) is 5.60 Å². The van der Waals surface area contributed by atoms with Crippen LogP contribution in [0.5, 0.6) is 0 Å². The fraction of sp³-hybridized carbons (Fsp3) is 0.818. The lowest BCUT2D eigenvalue weighted by molar-refractivity contribution is -0.159. The van der Waals surface area contributed by atoms with Crippen molar-refractivity contribution in [3.63, 3.8) is 0 Å². The van der Waals surface area contributed by atoms with Crippen LogP contribution in [0.1, 0.15) is 32.6 Å². The van der Waals surface area contributed by atoms with Crippen LogP contribution in [-0.4, -0.2) is 46.7 Å². The fourth-order valence-corrected chi connectivity index (χ4v) is 2.58. The number of hydrogen-bond donors (Lipinski definition) is 1. The Kier molecular flexibility index (Phi) is 2.88. The summed E-state index contributed by atoms with van der Waals surface area (Å²) in [6, 6.07) is 0. The summed E-state index contributed by atoms with van der Waals surface area (Å²) < 4.78 is 5.64. The third kappa shape index (κ3) is 2.04. The summed E-state index contributed by atoms with van der Waals surface area (Å²) in [4.78, 5) is 23.8. The summed E-state index contributed by atoms with van der Waals surface area (Å²) >= 11 is 0. The summed E-state index contributed by atoms with van der Waals surface area (Å²) in [5.74, 6) is -0.784. The first-order chi connectivity index (χ1) is 7.52. The van der Waals surface area contributed by atoms with Gasteiger partial charge in [-0.2, -0.15) is 0 Å². The summed E-state index contributed by atoms with van der Waals surface area (Å²) in [6.07, 6.45) is 2.27. The van der Waals surface area contributed by atoms with Crippen molar-refractivity contribution in [3.05, 3.63) is 0 Å². The molecular weight excluding hydrogens is 210 g/mol. The number of rotatable bonds is 1. The first kappa shape index (κ1) is 11.4. The predicted molar refractivity (Wildman–Crippen MR) is 56.0 cm³/mol. The van der Waals surface area contributed by atoms with E-state index in [9.17, 15) is 9.59 Å². The number of carbonyl (C=O) groups excluding carboxylic acids is 1. The zero-order valence-corrected chi connectivity index (χ0v) is 9.44. The van der Waals surface area contributed by atoms with Crippen molar-refractivity contribution in [1.82, 2.24) is 4.90 Å². The molecule has 2 aliphatic heterocycles. The fourth-order valence-electron chi connectivity index (χ4n) is 2.58. The molecule has 2 rings (SSSR count). The van der Waals surface area contributed by atoms with E-state index >= 15 is 0 Å². The van der Waals surface area contributed by atoms with Crippen LogP contribution in [0.15, 0.2) is 0 Å². The number of carboxylic acid groups (broad SMARTS) is 1. The SMILES string of the molecule is CC(=O)N1CCC2(CCC(C(=O)O)O2)CC1. The predicted octanol–water partition coefficient (Wildman–Crippen LogP) is 0.631. The molecule has 2 aliphatic rings. The van der Waals surface area contributed by atoms with E-state index in [4.69, 9.17) is 9.84 Å². The Balaban J connectivity index is 1.93. The lowest BCUT2D eigenvalue weighted by atomic mass is 9.88. The Morgan fingerprint density at radius 2 is 1.94 bits per heavy atom. The second-order valence-corrected chi connectivity index (χ2v) is 4.67. The summed E-state index contributed by atoms with van der Waals surface area (Å²) in [5, 5.41) is 8.88. The third-order valence-corrected chi connectivity index (χ3v) is 3.65. The van der Waals surface area contributed by atoms with Crippen LogP contribution in [0, 0.1) is 0 Å². The van der Waals surface area contributed by atoms with Crippen molar-refractivity contribution in [2.45, 2.75) is 44.3 Å². The molecule has 0 aromatic carbocycles. The number of amides is 1. The second kappa shape index (κ2) is 4.05. The second-order valence-electron chi connectivity index (χ2n) is 4.67. The number of carboxylic acids is 1. The molecule has 0 radical (unpaired) electrons. The zero-order chi connectivity index (χ0) is 11.8. The molecule has 0 aromatic heterocycles. The molecule has 1 unspecified atom stereocenters. The van der Waals surface area contributed by atoms with Crippen molar-refractivity contribution < 1.29 is 19.4 Å². The molecule has 0 aromatic rings. The van der Waals surface area contributed by atoms with Crippen LogP contribution < -0.4 is 0 Å². The molecule has 90 valence electrons. The van der Waals surface area contributed by atoms with E-state index in [-0.39, 0.29) is 11.5 Å².